The maximum Gasteiger partial charge on any atom is 0.278 e. The van der Waals surface area contributed by atoms with E-state index in [1.807, 2.05) is 20.9 Å². The van der Waals surface area contributed by atoms with Gasteiger partial charge in [-0.3, -0.25) is 5.10 Å². The third-order valence-corrected chi connectivity index (χ3v) is 2.91. The first-order valence-electron chi connectivity index (χ1n) is 5.63. The van der Waals surface area contributed by atoms with Crippen LogP contribution in [0.3, 0.4) is 0 Å². The minimum atomic E-state index is 0.322. The van der Waals surface area contributed by atoms with Gasteiger partial charge in [-0.15, -0.1) is 0 Å². The van der Waals surface area contributed by atoms with Crippen molar-refractivity contribution in [1.29, 1.82) is 0 Å². The molecule has 0 aliphatic carbocycles. The molecule has 0 saturated carbocycles. The molecule has 0 amide bonds. The Labute approximate surface area is 99.8 Å². The number of nitrogens with one attached hydrogen (secondary N) is 2. The molecule has 1 atom stereocenters. The van der Waals surface area contributed by atoms with Crippen LogP contribution >= 0.6 is 0 Å². The van der Waals surface area contributed by atoms with Gasteiger partial charge in [-0.1, -0.05) is 5.16 Å². The van der Waals surface area contributed by atoms with Gasteiger partial charge in [0.15, 0.2) is 11.5 Å². The number of hydrogen-bond donors (Lipinski definition) is 2. The van der Waals surface area contributed by atoms with Crippen molar-refractivity contribution in [3.05, 3.63) is 17.1 Å². The molecule has 0 radical (unpaired) electrons. The summed E-state index contributed by atoms with van der Waals surface area (Å²) in [5.41, 5.74) is 2.79. The third-order valence-electron chi connectivity index (χ3n) is 2.91. The third kappa shape index (κ3) is 2.36. The van der Waals surface area contributed by atoms with Crippen LogP contribution in [0.5, 0.6) is 0 Å². The number of hydrogen-bond acceptors (Lipinski definition) is 5. The van der Waals surface area contributed by atoms with Crippen LogP contribution in [-0.2, 0) is 6.42 Å². The fraction of sp³-hybridized carbons (Fsp3) is 0.545. The topological polar surface area (TPSA) is 79.6 Å². The summed E-state index contributed by atoms with van der Waals surface area (Å²) < 4.78 is 5.22. The lowest BCUT2D eigenvalue weighted by atomic mass is 10.2. The van der Waals surface area contributed by atoms with Crippen LogP contribution < -0.4 is 5.32 Å². The van der Waals surface area contributed by atoms with E-state index in [2.05, 4.69) is 32.6 Å². The van der Waals surface area contributed by atoms with Crippen LogP contribution in [0.25, 0.3) is 11.6 Å². The quantitative estimate of drug-likeness (QED) is 0.833. The van der Waals surface area contributed by atoms with E-state index >= 15 is 0 Å². The van der Waals surface area contributed by atoms with Crippen LogP contribution in [0.1, 0.15) is 24.0 Å². The minimum absolute atomic E-state index is 0.322. The van der Waals surface area contributed by atoms with Crippen molar-refractivity contribution in [2.24, 2.45) is 0 Å². The number of nitrogens with zero attached hydrogens (tertiary/aromatic N) is 3. The molecule has 0 aliphatic heterocycles. The standard InChI is InChI=1S/C11H17N5O/c1-6(12-4)5-9-13-11(17-16-9)10-7(2)8(3)14-15-10/h6,12H,5H2,1-4H3,(H,14,15). The number of likely N-dealkylation sites (N-methyl/N-ethyl adjacent to an activating group) is 1. The summed E-state index contributed by atoms with van der Waals surface area (Å²) in [7, 11) is 1.91. The fourth-order valence-electron chi connectivity index (χ4n) is 1.50. The van der Waals surface area contributed by atoms with E-state index in [1.165, 1.54) is 0 Å². The molecule has 2 N–H and O–H groups in total. The van der Waals surface area contributed by atoms with E-state index in [-0.39, 0.29) is 0 Å². The maximum atomic E-state index is 5.22. The Hall–Kier alpha value is -1.69. The maximum absolute atomic E-state index is 5.22. The van der Waals surface area contributed by atoms with E-state index in [1.54, 1.807) is 0 Å². The smallest absolute Gasteiger partial charge is 0.278 e. The zero-order valence-electron chi connectivity index (χ0n) is 10.5. The molecule has 6 nitrogen and oxygen atoms in total. The highest BCUT2D eigenvalue weighted by Gasteiger charge is 2.16. The van der Waals surface area contributed by atoms with Gasteiger partial charge in [0.2, 0.25) is 0 Å². The van der Waals surface area contributed by atoms with Gasteiger partial charge >= 0.3 is 0 Å². The van der Waals surface area contributed by atoms with E-state index in [0.29, 0.717) is 17.8 Å². The molecule has 2 rings (SSSR count). The second kappa shape index (κ2) is 4.67. The van der Waals surface area contributed by atoms with Gasteiger partial charge in [0.05, 0.1) is 0 Å². The minimum Gasteiger partial charge on any atom is -0.332 e. The van der Waals surface area contributed by atoms with Gasteiger partial charge < -0.3 is 9.84 Å². The molecular weight excluding hydrogens is 218 g/mol. The van der Waals surface area contributed by atoms with Crippen LogP contribution in [0.15, 0.2) is 4.52 Å². The zero-order valence-corrected chi connectivity index (χ0v) is 10.5. The summed E-state index contributed by atoms with van der Waals surface area (Å²) in [5, 5.41) is 14.2. The molecule has 2 heterocycles. The van der Waals surface area contributed by atoms with E-state index < -0.39 is 0 Å². The second-order valence-electron chi connectivity index (χ2n) is 4.23. The Kier molecular flexibility index (Phi) is 3.23. The summed E-state index contributed by atoms with van der Waals surface area (Å²) in [6.45, 7) is 6.01. The van der Waals surface area contributed by atoms with Crippen molar-refractivity contribution in [2.45, 2.75) is 33.2 Å². The number of rotatable bonds is 4. The summed E-state index contributed by atoms with van der Waals surface area (Å²) in [6, 6.07) is 0.322. The number of aromatic nitrogens is 4. The lowest BCUT2D eigenvalue weighted by Gasteiger charge is -2.04. The number of H-pyrrole nitrogens is 1. The van der Waals surface area contributed by atoms with E-state index in [4.69, 9.17) is 4.52 Å². The Morgan fingerprint density at radius 2 is 2.18 bits per heavy atom. The molecule has 0 saturated heterocycles. The molecule has 2 aromatic heterocycles. The van der Waals surface area contributed by atoms with Crippen LogP contribution in [0.2, 0.25) is 0 Å². The molecular formula is C11H17N5O. The van der Waals surface area contributed by atoms with Crippen LogP contribution in [-0.4, -0.2) is 33.4 Å². The van der Waals surface area contributed by atoms with Crippen molar-refractivity contribution in [1.82, 2.24) is 25.7 Å². The van der Waals surface area contributed by atoms with Crippen LogP contribution in [0.4, 0.5) is 0 Å². The summed E-state index contributed by atoms with van der Waals surface area (Å²) in [6.07, 6.45) is 0.739. The molecule has 92 valence electrons. The fourth-order valence-corrected chi connectivity index (χ4v) is 1.50. The molecule has 1 unspecified atom stereocenters. The molecule has 0 fully saturated rings. The normalized spacial score (nSPS) is 12.9. The van der Waals surface area contributed by atoms with Crippen molar-refractivity contribution in [2.75, 3.05) is 7.05 Å². The van der Waals surface area contributed by atoms with E-state index in [9.17, 15) is 0 Å². The first kappa shape index (κ1) is 11.8. The highest BCUT2D eigenvalue weighted by atomic mass is 16.5. The van der Waals surface area contributed by atoms with Gasteiger partial charge in [-0.25, -0.2) is 0 Å². The average molecular weight is 235 g/mol. The first-order valence-corrected chi connectivity index (χ1v) is 5.63. The summed E-state index contributed by atoms with van der Waals surface area (Å²) >= 11 is 0. The average Bonchev–Trinajstić information content (AvgIpc) is 2.88. The van der Waals surface area contributed by atoms with Gasteiger partial charge in [-0.05, 0) is 27.8 Å². The lowest BCUT2D eigenvalue weighted by molar-refractivity contribution is 0.417. The largest absolute Gasteiger partial charge is 0.332 e. The molecule has 0 aliphatic rings. The molecule has 0 aromatic carbocycles. The zero-order chi connectivity index (χ0) is 12.4. The first-order chi connectivity index (χ1) is 8.11. The lowest BCUT2D eigenvalue weighted by Crippen LogP contribution is -2.24. The number of aromatic amines is 1. The molecule has 2 aromatic rings. The van der Waals surface area contributed by atoms with Crippen LogP contribution in [0, 0.1) is 13.8 Å². The Bertz CT molecular complexity index is 502. The summed E-state index contributed by atoms with van der Waals surface area (Å²) in [4.78, 5) is 4.34. The van der Waals surface area contributed by atoms with Crippen molar-refractivity contribution in [3.63, 3.8) is 0 Å². The molecule has 0 spiro atoms. The van der Waals surface area contributed by atoms with Gasteiger partial charge in [0.1, 0.15) is 0 Å². The Balaban J connectivity index is 2.21. The number of aryl methyl sites for hydroxylation is 1. The highest BCUT2D eigenvalue weighted by Crippen LogP contribution is 2.20. The van der Waals surface area contributed by atoms with Crippen molar-refractivity contribution >= 4 is 0 Å². The summed E-state index contributed by atoms with van der Waals surface area (Å²) in [5.74, 6) is 1.17. The highest BCUT2D eigenvalue weighted by molar-refractivity contribution is 5.53. The van der Waals surface area contributed by atoms with Crippen molar-refractivity contribution < 1.29 is 4.52 Å². The second-order valence-corrected chi connectivity index (χ2v) is 4.23. The van der Waals surface area contributed by atoms with Gasteiger partial charge in [-0.2, -0.15) is 10.1 Å². The van der Waals surface area contributed by atoms with Gasteiger partial charge in [0, 0.05) is 23.7 Å². The van der Waals surface area contributed by atoms with E-state index in [0.717, 1.165) is 23.4 Å². The molecule has 6 heteroatoms. The predicted octanol–water partition coefficient (Wildman–Crippen LogP) is 1.23. The van der Waals surface area contributed by atoms with Gasteiger partial charge in [0.25, 0.3) is 5.89 Å². The SMILES string of the molecule is CNC(C)Cc1noc(-c2n[nH]c(C)c2C)n1. The Morgan fingerprint density at radius 3 is 2.76 bits per heavy atom. The molecule has 17 heavy (non-hydrogen) atoms. The monoisotopic (exact) mass is 235 g/mol. The molecule has 0 bridgehead atoms. The predicted molar refractivity (Wildman–Crippen MR) is 63.6 cm³/mol. The Morgan fingerprint density at radius 1 is 1.41 bits per heavy atom. The van der Waals surface area contributed by atoms with Crippen molar-refractivity contribution in [3.8, 4) is 11.6 Å².